The second kappa shape index (κ2) is 7.49. The van der Waals surface area contributed by atoms with Crippen LogP contribution in [-0.4, -0.2) is 20.1 Å². The highest BCUT2D eigenvalue weighted by molar-refractivity contribution is 7.91. The number of carbonyl (C=O) groups excluding carboxylic acids is 1. The predicted molar refractivity (Wildman–Crippen MR) is 98.7 cm³/mol. The van der Waals surface area contributed by atoms with Gasteiger partial charge >= 0.3 is 0 Å². The van der Waals surface area contributed by atoms with Crippen LogP contribution in [0.5, 0.6) is 0 Å². The zero-order valence-corrected chi connectivity index (χ0v) is 15.4. The molecule has 1 amide bonds. The first-order chi connectivity index (χ1) is 12.8. The van der Waals surface area contributed by atoms with E-state index in [9.17, 15) is 17.6 Å². The lowest BCUT2D eigenvalue weighted by Gasteiger charge is -2.43. The van der Waals surface area contributed by atoms with Crippen LogP contribution in [0.4, 0.5) is 4.39 Å². The molecular formula is C20H19FN2O3S. The van der Waals surface area contributed by atoms with Gasteiger partial charge in [0.25, 0.3) is 0 Å². The summed E-state index contributed by atoms with van der Waals surface area (Å²) in [5, 5.41) is 11.6. The minimum atomic E-state index is -3.65. The minimum absolute atomic E-state index is 0.268. The quantitative estimate of drug-likeness (QED) is 0.827. The molecule has 2 aromatic rings. The molecule has 0 atom stereocenters. The number of sulfone groups is 1. The summed E-state index contributed by atoms with van der Waals surface area (Å²) >= 11 is 0. The van der Waals surface area contributed by atoms with Crippen LogP contribution in [0.25, 0.3) is 0 Å². The molecule has 1 aliphatic carbocycles. The van der Waals surface area contributed by atoms with Gasteiger partial charge in [-0.1, -0.05) is 24.3 Å². The van der Waals surface area contributed by atoms with Crippen LogP contribution < -0.4 is 5.32 Å². The Balaban J connectivity index is 1.66. The SMILES string of the molecule is N#Cc1ccc(CS(=O)(=O)CC(=O)NC2(c3ccc(F)cc3)CCC2)cc1. The van der Waals surface area contributed by atoms with Crippen molar-refractivity contribution in [2.75, 3.05) is 5.75 Å². The van der Waals surface area contributed by atoms with Crippen molar-refractivity contribution in [1.29, 1.82) is 5.26 Å². The Kier molecular flexibility index (Phi) is 5.29. The molecule has 0 spiro atoms. The van der Waals surface area contributed by atoms with Crippen LogP contribution >= 0.6 is 0 Å². The zero-order valence-electron chi connectivity index (χ0n) is 14.6. The van der Waals surface area contributed by atoms with E-state index in [0.717, 1.165) is 12.0 Å². The number of nitrogens with one attached hydrogen (secondary N) is 1. The Bertz CT molecular complexity index is 973. The second-order valence-corrected chi connectivity index (χ2v) is 8.90. The lowest BCUT2D eigenvalue weighted by Crippen LogP contribution is -2.52. The highest BCUT2D eigenvalue weighted by Gasteiger charge is 2.40. The van der Waals surface area contributed by atoms with Crippen molar-refractivity contribution in [3.63, 3.8) is 0 Å². The van der Waals surface area contributed by atoms with Gasteiger partial charge in [-0.2, -0.15) is 5.26 Å². The largest absolute Gasteiger partial charge is 0.346 e. The monoisotopic (exact) mass is 386 g/mol. The number of benzene rings is 2. The van der Waals surface area contributed by atoms with Gasteiger partial charge < -0.3 is 5.32 Å². The molecule has 1 N–H and O–H groups in total. The lowest BCUT2D eigenvalue weighted by atomic mass is 9.72. The average molecular weight is 386 g/mol. The van der Waals surface area contributed by atoms with Crippen molar-refractivity contribution < 1.29 is 17.6 Å². The fourth-order valence-electron chi connectivity index (χ4n) is 3.27. The summed E-state index contributed by atoms with van der Waals surface area (Å²) in [6.07, 6.45) is 2.30. The standard InChI is InChI=1S/C20H19FN2O3S/c21-18-8-6-17(7-9-18)20(10-1-11-20)23-19(24)14-27(25,26)13-16-4-2-15(12-22)3-5-16/h2-9H,1,10-11,13-14H2,(H,23,24). The molecule has 0 aromatic heterocycles. The summed E-state index contributed by atoms with van der Waals surface area (Å²) in [5.74, 6) is -1.80. The summed E-state index contributed by atoms with van der Waals surface area (Å²) in [7, 11) is -3.65. The number of hydrogen-bond donors (Lipinski definition) is 1. The number of rotatable bonds is 6. The molecule has 3 rings (SSSR count). The van der Waals surface area contributed by atoms with E-state index in [1.807, 2.05) is 6.07 Å². The van der Waals surface area contributed by atoms with Crippen molar-refractivity contribution in [2.45, 2.75) is 30.6 Å². The Morgan fingerprint density at radius 3 is 2.26 bits per heavy atom. The summed E-state index contributed by atoms with van der Waals surface area (Å²) in [6.45, 7) is 0. The van der Waals surface area contributed by atoms with Gasteiger partial charge in [-0.05, 0) is 54.7 Å². The van der Waals surface area contributed by atoms with E-state index in [4.69, 9.17) is 5.26 Å². The summed E-state index contributed by atoms with van der Waals surface area (Å²) in [5.41, 5.74) is 1.14. The Hall–Kier alpha value is -2.72. The lowest BCUT2D eigenvalue weighted by molar-refractivity contribution is -0.121. The number of halogens is 1. The first kappa shape index (κ1) is 19.1. The molecule has 0 heterocycles. The summed E-state index contributed by atoms with van der Waals surface area (Å²) in [4.78, 5) is 12.4. The third kappa shape index (κ3) is 4.52. The van der Waals surface area contributed by atoms with Gasteiger partial charge in [0.15, 0.2) is 9.84 Å². The molecule has 0 radical (unpaired) electrons. The molecule has 1 fully saturated rings. The van der Waals surface area contributed by atoms with E-state index in [-0.39, 0.29) is 11.6 Å². The van der Waals surface area contributed by atoms with E-state index in [1.165, 1.54) is 12.1 Å². The van der Waals surface area contributed by atoms with Gasteiger partial charge in [-0.15, -0.1) is 0 Å². The first-order valence-electron chi connectivity index (χ1n) is 8.58. The Morgan fingerprint density at radius 1 is 1.11 bits per heavy atom. The van der Waals surface area contributed by atoms with Gasteiger partial charge in [0, 0.05) is 0 Å². The van der Waals surface area contributed by atoms with Crippen molar-refractivity contribution >= 4 is 15.7 Å². The fourth-order valence-corrected chi connectivity index (χ4v) is 4.54. The molecule has 7 heteroatoms. The molecule has 0 saturated heterocycles. The first-order valence-corrected chi connectivity index (χ1v) is 10.4. The van der Waals surface area contributed by atoms with E-state index in [1.54, 1.807) is 36.4 Å². The average Bonchev–Trinajstić information content (AvgIpc) is 2.59. The number of hydrogen-bond acceptors (Lipinski definition) is 4. The minimum Gasteiger partial charge on any atom is -0.346 e. The van der Waals surface area contributed by atoms with E-state index < -0.39 is 27.0 Å². The maximum Gasteiger partial charge on any atom is 0.235 e. The molecule has 0 aliphatic heterocycles. The molecule has 1 aliphatic rings. The van der Waals surface area contributed by atoms with Gasteiger partial charge in [0.1, 0.15) is 11.6 Å². The molecular weight excluding hydrogens is 367 g/mol. The molecule has 27 heavy (non-hydrogen) atoms. The van der Waals surface area contributed by atoms with Crippen LogP contribution in [0.15, 0.2) is 48.5 Å². The van der Waals surface area contributed by atoms with Crippen molar-refractivity contribution in [3.8, 4) is 6.07 Å². The zero-order chi connectivity index (χ0) is 19.5. The van der Waals surface area contributed by atoms with Crippen molar-refractivity contribution in [1.82, 2.24) is 5.32 Å². The van der Waals surface area contributed by atoms with Gasteiger partial charge in [0.05, 0.1) is 22.9 Å². The van der Waals surface area contributed by atoms with Crippen LogP contribution in [0.2, 0.25) is 0 Å². The second-order valence-electron chi connectivity index (χ2n) is 6.83. The third-order valence-corrected chi connectivity index (χ3v) is 6.28. The summed E-state index contributed by atoms with van der Waals surface area (Å²) in [6, 6.07) is 14.1. The van der Waals surface area contributed by atoms with E-state index in [2.05, 4.69) is 5.32 Å². The van der Waals surface area contributed by atoms with Crippen molar-refractivity contribution in [2.24, 2.45) is 0 Å². The fraction of sp³-hybridized carbons (Fsp3) is 0.300. The van der Waals surface area contributed by atoms with Gasteiger partial charge in [0.2, 0.25) is 5.91 Å². The highest BCUT2D eigenvalue weighted by atomic mass is 32.2. The van der Waals surface area contributed by atoms with E-state index >= 15 is 0 Å². The summed E-state index contributed by atoms with van der Waals surface area (Å²) < 4.78 is 37.9. The topological polar surface area (TPSA) is 87.0 Å². The number of amides is 1. The number of carbonyl (C=O) groups is 1. The third-order valence-electron chi connectivity index (χ3n) is 4.80. The molecule has 0 unspecified atom stereocenters. The van der Waals surface area contributed by atoms with Crippen molar-refractivity contribution in [3.05, 3.63) is 71.0 Å². The molecule has 140 valence electrons. The molecule has 2 aromatic carbocycles. The maximum absolute atomic E-state index is 13.2. The Morgan fingerprint density at radius 2 is 1.74 bits per heavy atom. The number of nitriles is 1. The Labute approximate surface area is 157 Å². The number of nitrogens with zero attached hydrogens (tertiary/aromatic N) is 1. The smallest absolute Gasteiger partial charge is 0.235 e. The van der Waals surface area contributed by atoms with E-state index in [0.29, 0.717) is 24.0 Å². The predicted octanol–water partition coefficient (Wildman–Crippen LogP) is 2.81. The normalized spacial score (nSPS) is 15.4. The molecule has 0 bridgehead atoms. The van der Waals surface area contributed by atoms with Crippen LogP contribution in [-0.2, 0) is 25.9 Å². The van der Waals surface area contributed by atoms with Gasteiger partial charge in [-0.25, -0.2) is 12.8 Å². The maximum atomic E-state index is 13.2. The highest BCUT2D eigenvalue weighted by Crippen LogP contribution is 2.41. The molecule has 1 saturated carbocycles. The van der Waals surface area contributed by atoms with Crippen LogP contribution in [0, 0.1) is 17.1 Å². The van der Waals surface area contributed by atoms with Crippen LogP contribution in [0.1, 0.15) is 36.0 Å². The van der Waals surface area contributed by atoms with Gasteiger partial charge in [-0.3, -0.25) is 4.79 Å². The molecule has 5 nitrogen and oxygen atoms in total. The van der Waals surface area contributed by atoms with Crippen LogP contribution in [0.3, 0.4) is 0 Å².